The monoisotopic (exact) mass is 514 g/mol. The number of hydrogen-bond acceptors (Lipinski definition) is 3. The molecule has 180 valence electrons. The summed E-state index contributed by atoms with van der Waals surface area (Å²) in [4.78, 5) is 12.2. The van der Waals surface area contributed by atoms with Crippen LogP contribution in [0.25, 0.3) is 0 Å². The second-order valence-corrected chi connectivity index (χ2v) is 9.67. The molecule has 0 bridgehead atoms. The molecule has 0 aromatic heterocycles. The van der Waals surface area contributed by atoms with Gasteiger partial charge in [-0.05, 0) is 53.9 Å². The van der Waals surface area contributed by atoms with Crippen LogP contribution in [0.5, 0.6) is 0 Å². The molecule has 2 N–H and O–H groups in total. The first kappa shape index (κ1) is 25.7. The van der Waals surface area contributed by atoms with E-state index >= 15 is 0 Å². The number of alkyl halides is 3. The van der Waals surface area contributed by atoms with Crippen LogP contribution in [-0.2, 0) is 27.4 Å². The van der Waals surface area contributed by atoms with Crippen LogP contribution in [0.15, 0.2) is 77.7 Å². The van der Waals surface area contributed by atoms with Crippen LogP contribution >= 0.6 is 11.6 Å². The van der Waals surface area contributed by atoms with Gasteiger partial charge in [-0.25, -0.2) is 12.8 Å². The van der Waals surface area contributed by atoms with Crippen LogP contribution in [-0.4, -0.2) is 25.2 Å². The molecule has 0 spiro atoms. The molecule has 0 radical (unpaired) electrons. The zero-order valence-electron chi connectivity index (χ0n) is 17.5. The van der Waals surface area contributed by atoms with E-state index in [1.807, 2.05) is 0 Å². The third-order valence-electron chi connectivity index (χ3n) is 5.05. The average molecular weight is 515 g/mol. The molecule has 0 aliphatic carbocycles. The highest BCUT2D eigenvalue weighted by molar-refractivity contribution is 7.89. The number of primary amides is 1. The molecule has 0 saturated heterocycles. The number of amides is 1. The van der Waals surface area contributed by atoms with E-state index in [1.165, 1.54) is 36.4 Å². The maximum Gasteiger partial charge on any atom is 0.419 e. The number of carbonyl (C=O) groups excluding carboxylic acids is 1. The number of halogens is 5. The average Bonchev–Trinajstić information content (AvgIpc) is 2.76. The van der Waals surface area contributed by atoms with Gasteiger partial charge in [-0.2, -0.15) is 17.5 Å². The number of sulfonamides is 1. The lowest BCUT2D eigenvalue weighted by Gasteiger charge is -2.29. The molecule has 11 heteroatoms. The van der Waals surface area contributed by atoms with Gasteiger partial charge in [0.2, 0.25) is 15.9 Å². The second-order valence-electron chi connectivity index (χ2n) is 7.35. The maximum atomic E-state index is 14.0. The number of benzene rings is 3. The Morgan fingerprint density at radius 3 is 2.15 bits per heavy atom. The Morgan fingerprint density at radius 2 is 1.62 bits per heavy atom. The number of carbonyl (C=O) groups is 1. The molecule has 5 nitrogen and oxygen atoms in total. The van der Waals surface area contributed by atoms with Gasteiger partial charge >= 0.3 is 6.18 Å². The van der Waals surface area contributed by atoms with Gasteiger partial charge in [0.25, 0.3) is 0 Å². The fourth-order valence-electron chi connectivity index (χ4n) is 3.42. The third kappa shape index (κ3) is 5.75. The van der Waals surface area contributed by atoms with E-state index in [0.717, 1.165) is 10.4 Å². The van der Waals surface area contributed by atoms with Crippen molar-refractivity contribution >= 4 is 27.5 Å². The topological polar surface area (TPSA) is 80.5 Å². The van der Waals surface area contributed by atoms with Crippen molar-refractivity contribution < 1.29 is 30.8 Å². The van der Waals surface area contributed by atoms with E-state index in [1.54, 1.807) is 18.2 Å². The minimum atomic E-state index is -4.86. The van der Waals surface area contributed by atoms with E-state index in [-0.39, 0.29) is 23.4 Å². The quantitative estimate of drug-likeness (QED) is 0.432. The Morgan fingerprint density at radius 1 is 1.00 bits per heavy atom. The van der Waals surface area contributed by atoms with E-state index in [0.29, 0.717) is 22.7 Å². The summed E-state index contributed by atoms with van der Waals surface area (Å²) in [6.07, 6.45) is -5.05. The van der Waals surface area contributed by atoms with Crippen molar-refractivity contribution in [3.63, 3.8) is 0 Å². The Kier molecular flexibility index (Phi) is 7.64. The first-order valence-electron chi connectivity index (χ1n) is 9.88. The Hall–Kier alpha value is -2.95. The van der Waals surface area contributed by atoms with Crippen molar-refractivity contribution in [3.8, 4) is 0 Å². The number of hydrogen-bond donors (Lipinski definition) is 1. The maximum absolute atomic E-state index is 14.0. The predicted octanol–water partition coefficient (Wildman–Crippen LogP) is 4.96. The van der Waals surface area contributed by atoms with Crippen LogP contribution in [0.3, 0.4) is 0 Å². The summed E-state index contributed by atoms with van der Waals surface area (Å²) in [5.41, 5.74) is 4.56. The summed E-state index contributed by atoms with van der Waals surface area (Å²) in [5.74, 6) is -2.44. The van der Waals surface area contributed by atoms with E-state index in [2.05, 4.69) is 0 Å². The lowest BCUT2D eigenvalue weighted by Crippen LogP contribution is -2.42. The summed E-state index contributed by atoms with van der Waals surface area (Å²) in [7, 11) is -4.32. The van der Waals surface area contributed by atoms with Gasteiger partial charge in [-0.3, -0.25) is 4.79 Å². The fourth-order valence-corrected chi connectivity index (χ4v) is 5.13. The molecule has 1 amide bonds. The molecule has 34 heavy (non-hydrogen) atoms. The lowest BCUT2D eigenvalue weighted by atomic mass is 10.0. The Labute approximate surface area is 198 Å². The first-order chi connectivity index (χ1) is 15.9. The minimum Gasteiger partial charge on any atom is -0.368 e. The van der Waals surface area contributed by atoms with Gasteiger partial charge in [-0.15, -0.1) is 0 Å². The van der Waals surface area contributed by atoms with Crippen LogP contribution in [0.2, 0.25) is 5.02 Å². The van der Waals surface area contributed by atoms with Gasteiger partial charge in [0, 0.05) is 11.6 Å². The molecule has 0 aliphatic heterocycles. The van der Waals surface area contributed by atoms with E-state index in [9.17, 15) is 30.8 Å². The molecular weight excluding hydrogens is 496 g/mol. The van der Waals surface area contributed by atoms with Crippen LogP contribution in [0.4, 0.5) is 17.6 Å². The SMILES string of the molecule is NC(=O)C(c1ccccc1)N(CCc1ccc(C(F)(F)F)c(F)c1)S(=O)(=O)c1ccc(Cl)cc1. The van der Waals surface area contributed by atoms with Crippen LogP contribution < -0.4 is 5.73 Å². The summed E-state index contributed by atoms with van der Waals surface area (Å²) in [5, 5.41) is 0.292. The van der Waals surface area contributed by atoms with Crippen LogP contribution in [0, 0.1) is 5.82 Å². The highest BCUT2D eigenvalue weighted by Crippen LogP contribution is 2.32. The third-order valence-corrected chi connectivity index (χ3v) is 7.18. The predicted molar refractivity (Wildman–Crippen MR) is 119 cm³/mol. The van der Waals surface area contributed by atoms with Crippen molar-refractivity contribution in [1.29, 1.82) is 0 Å². The minimum absolute atomic E-state index is 0.109. The molecule has 3 aromatic carbocycles. The molecular formula is C23H19ClF4N2O3S. The molecule has 0 fully saturated rings. The normalized spacial score (nSPS) is 13.1. The molecule has 1 atom stereocenters. The van der Waals surface area contributed by atoms with Gasteiger partial charge in [0.15, 0.2) is 0 Å². The second kappa shape index (κ2) is 10.1. The van der Waals surface area contributed by atoms with Crippen molar-refractivity contribution in [3.05, 3.63) is 100 Å². The van der Waals surface area contributed by atoms with Gasteiger partial charge in [-0.1, -0.05) is 48.0 Å². The van der Waals surface area contributed by atoms with Crippen molar-refractivity contribution in [2.75, 3.05) is 6.54 Å². The summed E-state index contributed by atoms with van der Waals surface area (Å²) in [6, 6.07) is 14.1. The Balaban J connectivity index is 2.02. The highest BCUT2D eigenvalue weighted by Gasteiger charge is 2.36. The van der Waals surface area contributed by atoms with Gasteiger partial charge in [0.05, 0.1) is 10.5 Å². The molecule has 1 unspecified atom stereocenters. The summed E-state index contributed by atoms with van der Waals surface area (Å²) >= 11 is 5.85. The molecule has 0 saturated carbocycles. The standard InChI is InChI=1S/C23H19ClF4N2O3S/c24-17-7-9-18(10-8-17)34(32,33)30(21(22(29)31)16-4-2-1-3-5-16)13-12-15-6-11-19(20(25)14-15)23(26,27)28/h1-11,14,21H,12-13H2,(H2,29,31). The van der Waals surface area contributed by atoms with Crippen molar-refractivity contribution in [1.82, 2.24) is 4.31 Å². The largest absolute Gasteiger partial charge is 0.419 e. The van der Waals surface area contributed by atoms with E-state index in [4.69, 9.17) is 17.3 Å². The van der Waals surface area contributed by atoms with Gasteiger partial charge in [0.1, 0.15) is 11.9 Å². The first-order valence-corrected chi connectivity index (χ1v) is 11.7. The lowest BCUT2D eigenvalue weighted by molar-refractivity contribution is -0.140. The molecule has 3 rings (SSSR count). The van der Waals surface area contributed by atoms with E-state index < -0.39 is 39.5 Å². The van der Waals surface area contributed by atoms with Crippen molar-refractivity contribution in [2.24, 2.45) is 5.73 Å². The smallest absolute Gasteiger partial charge is 0.368 e. The van der Waals surface area contributed by atoms with Crippen molar-refractivity contribution in [2.45, 2.75) is 23.5 Å². The number of rotatable bonds is 8. The van der Waals surface area contributed by atoms with Gasteiger partial charge < -0.3 is 5.73 Å². The number of nitrogens with two attached hydrogens (primary N) is 1. The van der Waals surface area contributed by atoms with Crippen LogP contribution in [0.1, 0.15) is 22.7 Å². The molecule has 3 aromatic rings. The zero-order chi connectivity index (χ0) is 25.1. The zero-order valence-corrected chi connectivity index (χ0v) is 19.0. The fraction of sp³-hybridized carbons (Fsp3) is 0.174. The molecule has 0 heterocycles. The summed E-state index contributed by atoms with van der Waals surface area (Å²) < 4.78 is 80.4. The molecule has 0 aliphatic rings. The highest BCUT2D eigenvalue weighted by atomic mass is 35.5. The summed E-state index contributed by atoms with van der Waals surface area (Å²) in [6.45, 7) is -0.363. The Bertz CT molecular complexity index is 1270. The number of nitrogens with zero attached hydrogens (tertiary/aromatic N) is 1.